The van der Waals surface area contributed by atoms with Crippen LogP contribution >= 0.6 is 11.8 Å². The summed E-state index contributed by atoms with van der Waals surface area (Å²) in [4.78, 5) is 37.6. The van der Waals surface area contributed by atoms with E-state index < -0.39 is 4.87 Å². The van der Waals surface area contributed by atoms with Crippen molar-refractivity contribution in [3.05, 3.63) is 24.3 Å². The summed E-state index contributed by atoms with van der Waals surface area (Å²) in [5, 5.41) is 5.08. The summed E-state index contributed by atoms with van der Waals surface area (Å²) in [6.07, 6.45) is 0.791. The topological polar surface area (TPSA) is 78.5 Å². The van der Waals surface area contributed by atoms with E-state index in [0.717, 1.165) is 10.6 Å². The Kier molecular flexibility index (Phi) is 3.36. The molecule has 0 unspecified atom stereocenters. The van der Waals surface area contributed by atoms with Crippen LogP contribution in [0.3, 0.4) is 0 Å². The summed E-state index contributed by atoms with van der Waals surface area (Å²) in [5.41, 5.74) is 0.778. The maximum atomic E-state index is 12.6. The molecule has 0 aliphatic carbocycles. The van der Waals surface area contributed by atoms with Crippen molar-refractivity contribution in [2.45, 2.75) is 22.6 Å². The molecular formula is C14H15N3O3S. The largest absolute Gasteiger partial charge is 0.358 e. The van der Waals surface area contributed by atoms with E-state index in [-0.39, 0.29) is 24.3 Å². The highest BCUT2D eigenvalue weighted by Gasteiger charge is 2.57. The lowest BCUT2D eigenvalue weighted by Crippen LogP contribution is -2.53. The third-order valence-corrected chi connectivity index (χ3v) is 5.19. The number of hydrogen-bond acceptors (Lipinski definition) is 4. The zero-order chi connectivity index (χ0) is 15.0. The summed E-state index contributed by atoms with van der Waals surface area (Å²) in [6, 6.07) is 7.48. The predicted molar refractivity (Wildman–Crippen MR) is 78.8 cm³/mol. The van der Waals surface area contributed by atoms with Crippen LogP contribution in [0.25, 0.3) is 0 Å². The van der Waals surface area contributed by atoms with Crippen molar-refractivity contribution in [3.8, 4) is 0 Å². The Hall–Kier alpha value is -2.02. The Morgan fingerprint density at radius 3 is 2.90 bits per heavy atom. The van der Waals surface area contributed by atoms with Gasteiger partial charge < -0.3 is 10.6 Å². The standard InChI is InChI=1S/C14H15N3O3S/c1-15-11(18)8-16-13(20)14-7-6-12(19)17(14)9-4-2-3-5-10(9)21-14/h2-5H,6-8H2,1H3,(H,15,18)(H,16,20)/t14-/m0/s1. The number of fused-ring (bicyclic) bond motifs is 3. The second kappa shape index (κ2) is 5.07. The van der Waals surface area contributed by atoms with Gasteiger partial charge in [-0.3, -0.25) is 19.3 Å². The van der Waals surface area contributed by atoms with Gasteiger partial charge in [0, 0.05) is 18.4 Å². The Balaban J connectivity index is 1.88. The van der Waals surface area contributed by atoms with Crippen LogP contribution in [0.4, 0.5) is 5.69 Å². The smallest absolute Gasteiger partial charge is 0.257 e. The second-order valence-electron chi connectivity index (χ2n) is 4.94. The Labute approximate surface area is 126 Å². The van der Waals surface area contributed by atoms with Gasteiger partial charge in [0.05, 0.1) is 12.2 Å². The lowest BCUT2D eigenvalue weighted by Gasteiger charge is -2.29. The molecule has 2 N–H and O–H groups in total. The zero-order valence-corrected chi connectivity index (χ0v) is 12.3. The minimum atomic E-state index is -0.950. The molecule has 0 saturated carbocycles. The molecule has 1 aromatic rings. The molecule has 7 heteroatoms. The van der Waals surface area contributed by atoms with Crippen molar-refractivity contribution >= 4 is 35.2 Å². The van der Waals surface area contributed by atoms with Crippen LogP contribution in [-0.4, -0.2) is 36.2 Å². The van der Waals surface area contributed by atoms with Gasteiger partial charge in [-0.1, -0.05) is 23.9 Å². The Bertz CT molecular complexity index is 634. The molecule has 6 nitrogen and oxygen atoms in total. The molecule has 1 atom stereocenters. The van der Waals surface area contributed by atoms with Crippen LogP contribution < -0.4 is 15.5 Å². The first-order chi connectivity index (χ1) is 10.1. The maximum absolute atomic E-state index is 12.6. The number of nitrogens with zero attached hydrogens (tertiary/aromatic N) is 1. The van der Waals surface area contributed by atoms with E-state index in [1.165, 1.54) is 18.8 Å². The highest BCUT2D eigenvalue weighted by atomic mass is 32.2. The molecule has 0 radical (unpaired) electrons. The summed E-state index contributed by atoms with van der Waals surface area (Å²) in [6.45, 7) is -0.0873. The molecule has 2 heterocycles. The number of carbonyl (C=O) groups excluding carboxylic acids is 3. The normalized spacial score (nSPS) is 22.7. The SMILES string of the molecule is CNC(=O)CNC(=O)[C@@]12CCC(=O)N1c1ccccc1S2. The van der Waals surface area contributed by atoms with Gasteiger partial charge in [-0.05, 0) is 18.6 Å². The van der Waals surface area contributed by atoms with Crippen molar-refractivity contribution < 1.29 is 14.4 Å². The highest BCUT2D eigenvalue weighted by Crippen LogP contribution is 2.55. The van der Waals surface area contributed by atoms with E-state index in [4.69, 9.17) is 0 Å². The maximum Gasteiger partial charge on any atom is 0.257 e. The zero-order valence-electron chi connectivity index (χ0n) is 11.5. The van der Waals surface area contributed by atoms with Crippen LogP contribution in [0, 0.1) is 0 Å². The second-order valence-corrected chi connectivity index (χ2v) is 6.26. The van der Waals surface area contributed by atoms with Crippen molar-refractivity contribution in [3.63, 3.8) is 0 Å². The third-order valence-electron chi connectivity index (χ3n) is 3.72. The monoisotopic (exact) mass is 305 g/mol. The van der Waals surface area contributed by atoms with Crippen molar-refractivity contribution in [1.82, 2.24) is 10.6 Å². The number of carbonyl (C=O) groups is 3. The molecule has 0 bridgehead atoms. The number of amides is 3. The quantitative estimate of drug-likeness (QED) is 0.851. The molecule has 2 aliphatic heterocycles. The van der Waals surface area contributed by atoms with E-state index >= 15 is 0 Å². The van der Waals surface area contributed by atoms with Gasteiger partial charge in [0.25, 0.3) is 5.91 Å². The Morgan fingerprint density at radius 1 is 1.38 bits per heavy atom. The van der Waals surface area contributed by atoms with E-state index in [1.54, 1.807) is 4.90 Å². The molecule has 1 aromatic carbocycles. The molecule has 0 aromatic heterocycles. The number of nitrogens with one attached hydrogen (secondary N) is 2. The average molecular weight is 305 g/mol. The van der Waals surface area contributed by atoms with Crippen LogP contribution in [0.15, 0.2) is 29.2 Å². The van der Waals surface area contributed by atoms with Crippen LogP contribution in [0.5, 0.6) is 0 Å². The molecular weight excluding hydrogens is 290 g/mol. The first kappa shape index (κ1) is 13.9. The molecule has 110 valence electrons. The first-order valence-corrected chi connectivity index (χ1v) is 7.50. The van der Waals surface area contributed by atoms with Crippen molar-refractivity contribution in [2.75, 3.05) is 18.5 Å². The van der Waals surface area contributed by atoms with Gasteiger partial charge in [-0.2, -0.15) is 0 Å². The van der Waals surface area contributed by atoms with E-state index in [9.17, 15) is 14.4 Å². The number of benzene rings is 1. The van der Waals surface area contributed by atoms with Gasteiger partial charge in [0.1, 0.15) is 0 Å². The number of para-hydroxylation sites is 1. The lowest BCUT2D eigenvalue weighted by atomic mass is 10.2. The van der Waals surface area contributed by atoms with E-state index in [2.05, 4.69) is 10.6 Å². The number of thioether (sulfide) groups is 1. The van der Waals surface area contributed by atoms with Gasteiger partial charge in [0.15, 0.2) is 4.87 Å². The molecule has 0 spiro atoms. The van der Waals surface area contributed by atoms with E-state index in [0.29, 0.717) is 12.8 Å². The fourth-order valence-electron chi connectivity index (χ4n) is 2.69. The molecule has 3 rings (SSSR count). The summed E-state index contributed by atoms with van der Waals surface area (Å²) in [5.74, 6) is -0.614. The number of anilines is 1. The Morgan fingerprint density at radius 2 is 2.14 bits per heavy atom. The van der Waals surface area contributed by atoms with Gasteiger partial charge in [-0.25, -0.2) is 0 Å². The highest BCUT2D eigenvalue weighted by molar-refractivity contribution is 8.02. The molecule has 1 fully saturated rings. The van der Waals surface area contributed by atoms with Gasteiger partial charge in [0.2, 0.25) is 11.8 Å². The minimum Gasteiger partial charge on any atom is -0.358 e. The lowest BCUT2D eigenvalue weighted by molar-refractivity contribution is -0.127. The number of hydrogen-bond donors (Lipinski definition) is 2. The van der Waals surface area contributed by atoms with E-state index in [1.807, 2.05) is 24.3 Å². The van der Waals surface area contributed by atoms with Crippen molar-refractivity contribution in [1.29, 1.82) is 0 Å². The number of rotatable bonds is 3. The molecule has 2 aliphatic rings. The molecule has 1 saturated heterocycles. The van der Waals surface area contributed by atoms with Gasteiger partial charge in [-0.15, -0.1) is 0 Å². The molecule has 21 heavy (non-hydrogen) atoms. The summed E-state index contributed by atoms with van der Waals surface area (Å²) in [7, 11) is 1.51. The van der Waals surface area contributed by atoms with Gasteiger partial charge >= 0.3 is 0 Å². The van der Waals surface area contributed by atoms with Crippen LogP contribution in [0.2, 0.25) is 0 Å². The molecule has 3 amide bonds. The fourth-order valence-corrected chi connectivity index (χ4v) is 4.12. The average Bonchev–Trinajstić information content (AvgIpc) is 3.00. The number of likely N-dealkylation sites (N-methyl/N-ethyl adjacent to an activating group) is 1. The minimum absolute atomic E-state index is 0.0532. The summed E-state index contributed by atoms with van der Waals surface area (Å²) >= 11 is 1.39. The van der Waals surface area contributed by atoms with Crippen molar-refractivity contribution in [2.24, 2.45) is 0 Å². The summed E-state index contributed by atoms with van der Waals surface area (Å²) < 4.78 is 0. The van der Waals surface area contributed by atoms with Crippen LogP contribution in [-0.2, 0) is 14.4 Å². The van der Waals surface area contributed by atoms with Crippen LogP contribution in [0.1, 0.15) is 12.8 Å². The fraction of sp³-hybridized carbons (Fsp3) is 0.357. The predicted octanol–water partition coefficient (Wildman–Crippen LogP) is 0.478. The first-order valence-electron chi connectivity index (χ1n) is 6.68. The third kappa shape index (κ3) is 2.08.